The van der Waals surface area contributed by atoms with E-state index in [0.717, 1.165) is 16.5 Å². The molecule has 2 aromatic carbocycles. The highest BCUT2D eigenvalue weighted by molar-refractivity contribution is 7.92. The van der Waals surface area contributed by atoms with Crippen LogP contribution in [0.2, 0.25) is 0 Å². The summed E-state index contributed by atoms with van der Waals surface area (Å²) in [7, 11) is -3.40. The summed E-state index contributed by atoms with van der Waals surface area (Å²) >= 11 is 1.47. The fourth-order valence-electron chi connectivity index (χ4n) is 2.12. The van der Waals surface area contributed by atoms with Gasteiger partial charge in [0, 0.05) is 5.69 Å². The normalized spacial score (nSPS) is 11.4. The molecular weight excluding hydrogens is 348 g/mol. The first-order valence-corrected chi connectivity index (χ1v) is 9.71. The van der Waals surface area contributed by atoms with Crippen LogP contribution in [0.4, 0.5) is 5.69 Å². The van der Waals surface area contributed by atoms with E-state index >= 15 is 0 Å². The van der Waals surface area contributed by atoms with E-state index in [2.05, 4.69) is 9.71 Å². The molecular formula is C16H14N2O4S2. The molecule has 3 aromatic rings. The van der Waals surface area contributed by atoms with Gasteiger partial charge in [-0.25, -0.2) is 18.2 Å². The number of carbonyl (C=O) groups is 1. The molecule has 24 heavy (non-hydrogen) atoms. The molecule has 0 radical (unpaired) electrons. The summed E-state index contributed by atoms with van der Waals surface area (Å²) in [6.45, 7) is 0.0713. The summed E-state index contributed by atoms with van der Waals surface area (Å²) < 4.78 is 31.1. The largest absolute Gasteiger partial charge is 0.455 e. The van der Waals surface area contributed by atoms with E-state index < -0.39 is 16.0 Å². The third-order valence-electron chi connectivity index (χ3n) is 3.07. The zero-order valence-electron chi connectivity index (χ0n) is 12.7. The maximum absolute atomic E-state index is 12.1. The van der Waals surface area contributed by atoms with Crippen LogP contribution in [0.25, 0.3) is 10.2 Å². The minimum absolute atomic E-state index is 0.0713. The lowest BCUT2D eigenvalue weighted by Crippen LogP contribution is -2.11. The quantitative estimate of drug-likeness (QED) is 0.705. The van der Waals surface area contributed by atoms with Crippen LogP contribution in [0.1, 0.15) is 15.4 Å². The maximum Gasteiger partial charge on any atom is 0.338 e. The summed E-state index contributed by atoms with van der Waals surface area (Å²) in [6.07, 6.45) is 1.05. The molecule has 0 aliphatic rings. The van der Waals surface area contributed by atoms with Gasteiger partial charge in [-0.3, -0.25) is 4.72 Å². The topological polar surface area (TPSA) is 85.4 Å². The van der Waals surface area contributed by atoms with Crippen molar-refractivity contribution < 1.29 is 17.9 Å². The third kappa shape index (κ3) is 4.09. The number of sulfonamides is 1. The van der Waals surface area contributed by atoms with Gasteiger partial charge >= 0.3 is 5.97 Å². The second-order valence-electron chi connectivity index (χ2n) is 5.11. The van der Waals surface area contributed by atoms with Crippen LogP contribution >= 0.6 is 11.3 Å². The molecule has 1 heterocycles. The van der Waals surface area contributed by atoms with E-state index in [9.17, 15) is 13.2 Å². The first-order valence-electron chi connectivity index (χ1n) is 7.00. The second kappa shape index (κ2) is 6.58. The van der Waals surface area contributed by atoms with Gasteiger partial charge in [0.1, 0.15) is 11.6 Å². The Morgan fingerprint density at radius 2 is 2.00 bits per heavy atom. The zero-order valence-corrected chi connectivity index (χ0v) is 14.4. The number of aromatic nitrogens is 1. The minimum atomic E-state index is -3.40. The summed E-state index contributed by atoms with van der Waals surface area (Å²) in [6, 6.07) is 13.8. The molecule has 0 aliphatic carbocycles. The third-order valence-corrected chi connectivity index (χ3v) is 4.68. The summed E-state index contributed by atoms with van der Waals surface area (Å²) in [5, 5.41) is 0.704. The van der Waals surface area contributed by atoms with Gasteiger partial charge in [-0.05, 0) is 30.3 Å². The predicted octanol–water partition coefficient (Wildman–Crippen LogP) is 3.02. The number of rotatable bonds is 5. The van der Waals surface area contributed by atoms with Crippen molar-refractivity contribution in [2.45, 2.75) is 6.61 Å². The second-order valence-corrected chi connectivity index (χ2v) is 7.97. The van der Waals surface area contributed by atoms with Crippen molar-refractivity contribution in [3.8, 4) is 0 Å². The Morgan fingerprint density at radius 3 is 2.75 bits per heavy atom. The van der Waals surface area contributed by atoms with Crippen LogP contribution < -0.4 is 4.72 Å². The van der Waals surface area contributed by atoms with Gasteiger partial charge in [0.05, 0.1) is 22.0 Å². The van der Waals surface area contributed by atoms with Crippen molar-refractivity contribution in [3.05, 3.63) is 59.1 Å². The SMILES string of the molecule is CS(=O)(=O)Nc1cccc(C(=O)OCc2nc3ccccc3s2)c1. The number of esters is 1. The Morgan fingerprint density at radius 1 is 1.21 bits per heavy atom. The summed E-state index contributed by atoms with van der Waals surface area (Å²) in [4.78, 5) is 16.5. The smallest absolute Gasteiger partial charge is 0.338 e. The zero-order chi connectivity index (χ0) is 17.2. The van der Waals surface area contributed by atoms with Crippen LogP contribution in [0.15, 0.2) is 48.5 Å². The van der Waals surface area contributed by atoms with Crippen molar-refractivity contribution >= 4 is 43.2 Å². The lowest BCUT2D eigenvalue weighted by molar-refractivity contribution is 0.0472. The van der Waals surface area contributed by atoms with Gasteiger partial charge in [0.15, 0.2) is 0 Å². The number of nitrogens with one attached hydrogen (secondary N) is 1. The molecule has 0 amide bonds. The number of carbonyl (C=O) groups excluding carboxylic acids is 1. The number of hydrogen-bond donors (Lipinski definition) is 1. The number of ether oxygens (including phenoxy) is 1. The van der Waals surface area contributed by atoms with Gasteiger partial charge in [-0.2, -0.15) is 0 Å². The summed E-state index contributed by atoms with van der Waals surface area (Å²) in [5.74, 6) is -0.536. The highest BCUT2D eigenvalue weighted by atomic mass is 32.2. The maximum atomic E-state index is 12.1. The van der Waals surface area contributed by atoms with Crippen LogP contribution in [0, 0.1) is 0 Å². The van der Waals surface area contributed by atoms with Gasteiger partial charge < -0.3 is 4.74 Å². The average molecular weight is 362 g/mol. The van der Waals surface area contributed by atoms with Crippen molar-refractivity contribution in [2.75, 3.05) is 11.0 Å². The van der Waals surface area contributed by atoms with Gasteiger partial charge in [-0.1, -0.05) is 18.2 Å². The Kier molecular flexibility index (Phi) is 4.50. The van der Waals surface area contributed by atoms with E-state index in [4.69, 9.17) is 4.74 Å². The van der Waals surface area contributed by atoms with Crippen molar-refractivity contribution in [2.24, 2.45) is 0 Å². The van der Waals surface area contributed by atoms with Gasteiger partial charge in [0.25, 0.3) is 0 Å². The number of anilines is 1. The molecule has 0 spiro atoms. The molecule has 124 valence electrons. The molecule has 0 saturated heterocycles. The predicted molar refractivity (Wildman–Crippen MR) is 93.6 cm³/mol. The molecule has 6 nitrogen and oxygen atoms in total. The average Bonchev–Trinajstić information content (AvgIpc) is 2.94. The van der Waals surface area contributed by atoms with E-state index in [1.165, 1.54) is 17.4 Å². The number of thiazole rings is 1. The molecule has 0 atom stereocenters. The molecule has 0 aliphatic heterocycles. The Hall–Kier alpha value is -2.45. The van der Waals surface area contributed by atoms with Crippen molar-refractivity contribution in [3.63, 3.8) is 0 Å². The van der Waals surface area contributed by atoms with Gasteiger partial charge in [0.2, 0.25) is 10.0 Å². The number of para-hydroxylation sites is 1. The van der Waals surface area contributed by atoms with Crippen LogP contribution in [0.5, 0.6) is 0 Å². The Labute approximate surface area is 143 Å². The van der Waals surface area contributed by atoms with Crippen LogP contribution in [-0.4, -0.2) is 25.6 Å². The number of fused-ring (bicyclic) bond motifs is 1. The molecule has 3 rings (SSSR count). The Bertz CT molecular complexity index is 963. The molecule has 0 unspecified atom stereocenters. The fraction of sp³-hybridized carbons (Fsp3) is 0.125. The number of benzene rings is 2. The van der Waals surface area contributed by atoms with Gasteiger partial charge in [-0.15, -0.1) is 11.3 Å². The summed E-state index contributed by atoms with van der Waals surface area (Å²) in [5.41, 5.74) is 1.45. The fourth-order valence-corrected chi connectivity index (χ4v) is 3.55. The van der Waals surface area contributed by atoms with Crippen LogP contribution in [-0.2, 0) is 21.4 Å². The van der Waals surface area contributed by atoms with Crippen molar-refractivity contribution in [1.29, 1.82) is 0 Å². The van der Waals surface area contributed by atoms with E-state index in [1.807, 2.05) is 24.3 Å². The molecule has 0 saturated carbocycles. The van der Waals surface area contributed by atoms with Crippen molar-refractivity contribution in [1.82, 2.24) is 4.98 Å². The lowest BCUT2D eigenvalue weighted by atomic mass is 10.2. The highest BCUT2D eigenvalue weighted by Crippen LogP contribution is 2.22. The Balaban J connectivity index is 1.69. The first kappa shape index (κ1) is 16.4. The lowest BCUT2D eigenvalue weighted by Gasteiger charge is -2.06. The molecule has 1 N–H and O–H groups in total. The monoisotopic (exact) mass is 362 g/mol. The van der Waals surface area contributed by atoms with Crippen LogP contribution in [0.3, 0.4) is 0 Å². The van der Waals surface area contributed by atoms with E-state index in [1.54, 1.807) is 18.2 Å². The first-order chi connectivity index (χ1) is 11.4. The van der Waals surface area contributed by atoms with E-state index in [0.29, 0.717) is 10.7 Å². The van der Waals surface area contributed by atoms with E-state index in [-0.39, 0.29) is 12.2 Å². The molecule has 8 heteroatoms. The molecule has 1 aromatic heterocycles. The standard InChI is InChI=1S/C16H14N2O4S2/c1-24(20,21)18-12-6-4-5-11(9-12)16(19)22-10-15-17-13-7-2-3-8-14(13)23-15/h2-9,18H,10H2,1H3. The molecule has 0 bridgehead atoms. The molecule has 0 fully saturated rings. The number of hydrogen-bond acceptors (Lipinski definition) is 6. The highest BCUT2D eigenvalue weighted by Gasteiger charge is 2.11. The minimum Gasteiger partial charge on any atom is -0.455 e. The number of nitrogens with zero attached hydrogens (tertiary/aromatic N) is 1.